The molecule has 8 heteroatoms. The van der Waals surface area contributed by atoms with E-state index in [9.17, 15) is 4.79 Å². The molecule has 1 heterocycles. The smallest absolute Gasteiger partial charge is 0.242 e. The maximum absolute atomic E-state index is 11.3. The van der Waals surface area contributed by atoms with Crippen molar-refractivity contribution < 1.29 is 4.79 Å². The van der Waals surface area contributed by atoms with E-state index in [4.69, 9.17) is 5.73 Å². The third kappa shape index (κ3) is 3.73. The Morgan fingerprint density at radius 2 is 1.94 bits per heavy atom. The summed E-state index contributed by atoms with van der Waals surface area (Å²) in [5.74, 6) is 0.326. The molecular weight excluding hydrogens is 252 g/mol. The van der Waals surface area contributed by atoms with Crippen LogP contribution in [0.2, 0.25) is 0 Å². The van der Waals surface area contributed by atoms with Gasteiger partial charge in [0, 0.05) is 6.54 Å². The molecule has 1 amide bonds. The first kappa shape index (κ1) is 14.5. The average Bonchev–Trinajstić information content (AvgIpc) is 2.28. The zero-order valence-corrected chi connectivity index (χ0v) is 11.8. The van der Waals surface area contributed by atoms with E-state index in [1.165, 1.54) is 11.8 Å². The van der Waals surface area contributed by atoms with E-state index in [0.717, 1.165) is 0 Å². The molecule has 18 heavy (non-hydrogen) atoms. The number of carbonyl (C=O) groups excluding carboxylic acids is 1. The van der Waals surface area contributed by atoms with E-state index in [1.54, 1.807) is 13.8 Å². The van der Waals surface area contributed by atoms with Crippen molar-refractivity contribution in [2.75, 3.05) is 23.4 Å². The predicted octanol–water partition coefficient (Wildman–Crippen LogP) is 0.701. The Kier molecular flexibility index (Phi) is 4.71. The molecule has 0 saturated carbocycles. The molecule has 4 N–H and O–H groups in total. The number of carbonyl (C=O) groups is 1. The van der Waals surface area contributed by atoms with Crippen LogP contribution >= 0.6 is 11.8 Å². The van der Waals surface area contributed by atoms with E-state index in [1.807, 2.05) is 13.2 Å². The van der Waals surface area contributed by atoms with E-state index >= 15 is 0 Å². The van der Waals surface area contributed by atoms with Crippen LogP contribution in [0.1, 0.15) is 20.8 Å². The van der Waals surface area contributed by atoms with Crippen molar-refractivity contribution in [2.45, 2.75) is 31.5 Å². The number of hydrogen-bond donors (Lipinski definition) is 3. The number of nitrogens with two attached hydrogens (primary N) is 1. The standard InChI is InChI=1S/C10H18N6OS/c1-5-12-7-13-8(15-9(14-7)18-4)16-10(2,3)6(11)17/h5H2,1-4H3,(H2,11,17)(H2,12,13,14,15,16). The summed E-state index contributed by atoms with van der Waals surface area (Å²) in [4.78, 5) is 23.8. The summed E-state index contributed by atoms with van der Waals surface area (Å²) >= 11 is 1.40. The Morgan fingerprint density at radius 3 is 2.44 bits per heavy atom. The van der Waals surface area contributed by atoms with Gasteiger partial charge < -0.3 is 16.4 Å². The third-order valence-corrected chi connectivity index (χ3v) is 2.72. The van der Waals surface area contributed by atoms with E-state index in [2.05, 4.69) is 25.6 Å². The quantitative estimate of drug-likeness (QED) is 0.653. The number of amides is 1. The highest BCUT2D eigenvalue weighted by atomic mass is 32.2. The van der Waals surface area contributed by atoms with Crippen LogP contribution in [0.5, 0.6) is 0 Å². The molecular formula is C10H18N6OS. The molecule has 0 spiro atoms. The van der Waals surface area contributed by atoms with Gasteiger partial charge in [-0.3, -0.25) is 4.79 Å². The molecule has 0 radical (unpaired) electrons. The topological polar surface area (TPSA) is 106 Å². The molecule has 0 aromatic carbocycles. The fraction of sp³-hybridized carbons (Fsp3) is 0.600. The normalized spacial score (nSPS) is 11.1. The molecule has 7 nitrogen and oxygen atoms in total. The van der Waals surface area contributed by atoms with Crippen LogP contribution < -0.4 is 16.4 Å². The van der Waals surface area contributed by atoms with Gasteiger partial charge in [0.25, 0.3) is 0 Å². The van der Waals surface area contributed by atoms with Crippen molar-refractivity contribution in [3.63, 3.8) is 0 Å². The SMILES string of the molecule is CCNc1nc(NC(C)(C)C(N)=O)nc(SC)n1. The number of rotatable bonds is 6. The first-order chi connectivity index (χ1) is 8.39. The van der Waals surface area contributed by atoms with Crippen molar-refractivity contribution in [1.29, 1.82) is 0 Å². The van der Waals surface area contributed by atoms with Gasteiger partial charge in [-0.25, -0.2) is 0 Å². The lowest BCUT2D eigenvalue weighted by Gasteiger charge is -2.22. The van der Waals surface area contributed by atoms with Crippen LogP contribution in [0.25, 0.3) is 0 Å². The van der Waals surface area contributed by atoms with Gasteiger partial charge in [-0.15, -0.1) is 0 Å². The van der Waals surface area contributed by atoms with Crippen molar-refractivity contribution >= 4 is 29.6 Å². The molecule has 100 valence electrons. The second-order valence-corrected chi connectivity index (χ2v) is 4.89. The summed E-state index contributed by atoms with van der Waals surface area (Å²) in [7, 11) is 0. The van der Waals surface area contributed by atoms with Crippen LogP contribution in [-0.2, 0) is 4.79 Å². The summed E-state index contributed by atoms with van der Waals surface area (Å²) in [5.41, 5.74) is 4.38. The molecule has 0 atom stereocenters. The molecule has 0 unspecified atom stereocenters. The van der Waals surface area contributed by atoms with Gasteiger partial charge in [-0.05, 0) is 27.0 Å². The van der Waals surface area contributed by atoms with Gasteiger partial charge in [-0.1, -0.05) is 11.8 Å². The maximum Gasteiger partial charge on any atom is 0.242 e. The minimum atomic E-state index is -0.916. The Morgan fingerprint density at radius 1 is 1.33 bits per heavy atom. The number of hydrogen-bond acceptors (Lipinski definition) is 7. The fourth-order valence-corrected chi connectivity index (χ4v) is 1.44. The molecule has 0 aliphatic carbocycles. The molecule has 1 aromatic rings. The fourth-order valence-electron chi connectivity index (χ4n) is 1.08. The van der Waals surface area contributed by atoms with Crippen molar-refractivity contribution in [3.8, 4) is 0 Å². The molecule has 0 aliphatic heterocycles. The second kappa shape index (κ2) is 5.85. The summed E-state index contributed by atoms with van der Waals surface area (Å²) in [5, 5.41) is 6.48. The molecule has 0 aliphatic rings. The number of anilines is 2. The van der Waals surface area contributed by atoms with Gasteiger partial charge in [-0.2, -0.15) is 15.0 Å². The predicted molar refractivity (Wildman–Crippen MR) is 72.7 cm³/mol. The number of primary amides is 1. The van der Waals surface area contributed by atoms with Crippen LogP contribution in [0.3, 0.4) is 0 Å². The molecule has 0 bridgehead atoms. The van der Waals surface area contributed by atoms with Crippen LogP contribution in [0.15, 0.2) is 5.16 Å². The van der Waals surface area contributed by atoms with Gasteiger partial charge in [0.2, 0.25) is 17.8 Å². The van der Waals surface area contributed by atoms with Crippen LogP contribution in [0.4, 0.5) is 11.9 Å². The Bertz CT molecular complexity index is 436. The first-order valence-corrected chi connectivity index (χ1v) is 6.73. The molecule has 1 rings (SSSR count). The zero-order chi connectivity index (χ0) is 13.8. The highest BCUT2D eigenvalue weighted by Gasteiger charge is 2.26. The third-order valence-electron chi connectivity index (χ3n) is 2.17. The van der Waals surface area contributed by atoms with Crippen LogP contribution in [-0.4, -0.2) is 39.2 Å². The first-order valence-electron chi connectivity index (χ1n) is 5.51. The van der Waals surface area contributed by atoms with Crippen molar-refractivity contribution in [2.24, 2.45) is 5.73 Å². The summed E-state index contributed by atoms with van der Waals surface area (Å²) in [6, 6.07) is 0. The van der Waals surface area contributed by atoms with Crippen LogP contribution in [0, 0.1) is 0 Å². The Hall–Kier alpha value is -1.57. The minimum Gasteiger partial charge on any atom is -0.368 e. The second-order valence-electron chi connectivity index (χ2n) is 4.11. The molecule has 1 aromatic heterocycles. The number of nitrogens with one attached hydrogen (secondary N) is 2. The zero-order valence-electron chi connectivity index (χ0n) is 10.9. The summed E-state index contributed by atoms with van der Waals surface area (Å²) < 4.78 is 0. The minimum absolute atomic E-state index is 0.328. The van der Waals surface area contributed by atoms with Gasteiger partial charge in [0.1, 0.15) is 5.54 Å². The Balaban J connectivity index is 3.01. The summed E-state index contributed by atoms with van der Waals surface area (Å²) in [6.45, 7) is 6.00. The number of thioether (sulfide) groups is 1. The summed E-state index contributed by atoms with van der Waals surface area (Å²) in [6.07, 6.45) is 1.87. The lowest BCUT2D eigenvalue weighted by molar-refractivity contribution is -0.121. The van der Waals surface area contributed by atoms with Gasteiger partial charge in [0.15, 0.2) is 5.16 Å². The Labute approximate surface area is 110 Å². The molecule has 0 fully saturated rings. The van der Waals surface area contributed by atoms with Gasteiger partial charge >= 0.3 is 0 Å². The van der Waals surface area contributed by atoms with Crippen molar-refractivity contribution in [1.82, 2.24) is 15.0 Å². The van der Waals surface area contributed by atoms with Crippen molar-refractivity contribution in [3.05, 3.63) is 0 Å². The maximum atomic E-state index is 11.3. The lowest BCUT2D eigenvalue weighted by atomic mass is 10.1. The largest absolute Gasteiger partial charge is 0.368 e. The van der Waals surface area contributed by atoms with Gasteiger partial charge in [0.05, 0.1) is 0 Å². The lowest BCUT2D eigenvalue weighted by Crippen LogP contribution is -2.45. The van der Waals surface area contributed by atoms with E-state index in [0.29, 0.717) is 23.6 Å². The number of aromatic nitrogens is 3. The average molecular weight is 270 g/mol. The monoisotopic (exact) mass is 270 g/mol. The van der Waals surface area contributed by atoms with E-state index in [-0.39, 0.29) is 0 Å². The highest BCUT2D eigenvalue weighted by molar-refractivity contribution is 7.98. The molecule has 0 saturated heterocycles. The highest BCUT2D eigenvalue weighted by Crippen LogP contribution is 2.16. The van der Waals surface area contributed by atoms with E-state index < -0.39 is 11.4 Å². The number of nitrogens with zero attached hydrogens (tertiary/aromatic N) is 3.